The molecule has 6 heteroatoms. The number of benzene rings is 1. The number of rotatable bonds is 3. The highest BCUT2D eigenvalue weighted by Gasteiger charge is 2.30. The molecule has 0 aliphatic rings. The average molecular weight is 256 g/mol. The van der Waals surface area contributed by atoms with E-state index >= 15 is 0 Å². The summed E-state index contributed by atoms with van der Waals surface area (Å²) in [4.78, 5) is 3.84. The molecule has 0 unspecified atom stereocenters. The van der Waals surface area contributed by atoms with Gasteiger partial charge in [0.1, 0.15) is 0 Å². The van der Waals surface area contributed by atoms with Gasteiger partial charge in [0.2, 0.25) is 0 Å². The predicted molar refractivity (Wildman–Crippen MR) is 58.7 cm³/mol. The number of halogens is 3. The highest BCUT2D eigenvalue weighted by Crippen LogP contribution is 2.29. The number of hydrogen-bond acceptors (Lipinski definition) is 2. The van der Waals surface area contributed by atoms with E-state index in [1.54, 1.807) is 10.6 Å². The van der Waals surface area contributed by atoms with Gasteiger partial charge < -0.3 is 9.67 Å². The van der Waals surface area contributed by atoms with Gasteiger partial charge in [-0.25, -0.2) is 4.98 Å². The fraction of sp³-hybridized carbons (Fsp3) is 0.250. The van der Waals surface area contributed by atoms with Crippen LogP contribution in [0.3, 0.4) is 0 Å². The van der Waals surface area contributed by atoms with Crippen molar-refractivity contribution in [3.63, 3.8) is 0 Å². The molecule has 1 aromatic carbocycles. The molecule has 0 bridgehead atoms. The van der Waals surface area contributed by atoms with Gasteiger partial charge in [-0.2, -0.15) is 13.2 Å². The first-order valence-electron chi connectivity index (χ1n) is 5.26. The molecule has 18 heavy (non-hydrogen) atoms. The smallest absolute Gasteiger partial charge is 0.390 e. The molecule has 0 aliphatic carbocycles. The van der Waals surface area contributed by atoms with Crippen LogP contribution in [-0.2, 0) is 19.3 Å². The SMILES string of the molecule is OCc1cncn1Cc1cccc(C(F)(F)F)c1. The fourth-order valence-electron chi connectivity index (χ4n) is 1.66. The summed E-state index contributed by atoms with van der Waals surface area (Å²) >= 11 is 0. The van der Waals surface area contributed by atoms with Crippen molar-refractivity contribution in [1.29, 1.82) is 0 Å². The van der Waals surface area contributed by atoms with Gasteiger partial charge in [-0.3, -0.25) is 0 Å². The minimum atomic E-state index is -4.34. The van der Waals surface area contributed by atoms with Crippen molar-refractivity contribution in [2.75, 3.05) is 0 Å². The summed E-state index contributed by atoms with van der Waals surface area (Å²) in [6.07, 6.45) is -1.38. The van der Waals surface area contributed by atoms with Gasteiger partial charge in [0.05, 0.1) is 30.4 Å². The summed E-state index contributed by atoms with van der Waals surface area (Å²) in [6, 6.07) is 5.11. The molecule has 0 saturated heterocycles. The van der Waals surface area contributed by atoms with Crippen molar-refractivity contribution in [2.24, 2.45) is 0 Å². The summed E-state index contributed by atoms with van der Waals surface area (Å²) < 4.78 is 39.2. The van der Waals surface area contributed by atoms with E-state index in [1.807, 2.05) is 0 Å². The van der Waals surface area contributed by atoms with Crippen LogP contribution in [0.1, 0.15) is 16.8 Å². The van der Waals surface area contributed by atoms with Gasteiger partial charge >= 0.3 is 6.18 Å². The van der Waals surface area contributed by atoms with Gasteiger partial charge in [0.15, 0.2) is 0 Å². The Balaban J connectivity index is 2.25. The van der Waals surface area contributed by atoms with Crippen molar-refractivity contribution < 1.29 is 18.3 Å². The predicted octanol–water partition coefficient (Wildman–Crippen LogP) is 2.44. The van der Waals surface area contributed by atoms with Crippen molar-refractivity contribution >= 4 is 0 Å². The van der Waals surface area contributed by atoms with Crippen LogP contribution in [0, 0.1) is 0 Å². The normalized spacial score (nSPS) is 11.8. The summed E-state index contributed by atoms with van der Waals surface area (Å²) in [5.41, 5.74) is 0.399. The van der Waals surface area contributed by atoms with Crippen LogP contribution < -0.4 is 0 Å². The lowest BCUT2D eigenvalue weighted by Crippen LogP contribution is -2.07. The molecular formula is C12H11F3N2O. The summed E-state index contributed by atoms with van der Waals surface area (Å²) in [6.45, 7) is 0.0543. The monoisotopic (exact) mass is 256 g/mol. The maximum atomic E-state index is 12.5. The van der Waals surface area contributed by atoms with E-state index in [-0.39, 0.29) is 13.2 Å². The zero-order chi connectivity index (χ0) is 13.2. The number of imidazole rings is 1. The van der Waals surface area contributed by atoms with Crippen molar-refractivity contribution in [3.05, 3.63) is 53.6 Å². The zero-order valence-electron chi connectivity index (χ0n) is 9.35. The van der Waals surface area contributed by atoms with Gasteiger partial charge in [-0.1, -0.05) is 12.1 Å². The van der Waals surface area contributed by atoms with E-state index in [0.29, 0.717) is 11.3 Å². The molecule has 2 aromatic rings. The minimum Gasteiger partial charge on any atom is -0.390 e. The van der Waals surface area contributed by atoms with Gasteiger partial charge in [0, 0.05) is 6.54 Å². The molecule has 96 valence electrons. The lowest BCUT2D eigenvalue weighted by Gasteiger charge is -2.10. The van der Waals surface area contributed by atoms with Crippen LogP contribution in [-0.4, -0.2) is 14.7 Å². The fourth-order valence-corrected chi connectivity index (χ4v) is 1.66. The third-order valence-corrected chi connectivity index (χ3v) is 2.57. The Hall–Kier alpha value is -1.82. The molecular weight excluding hydrogens is 245 g/mol. The van der Waals surface area contributed by atoms with E-state index < -0.39 is 11.7 Å². The zero-order valence-corrected chi connectivity index (χ0v) is 9.35. The van der Waals surface area contributed by atoms with E-state index in [4.69, 9.17) is 5.11 Å². The largest absolute Gasteiger partial charge is 0.416 e. The van der Waals surface area contributed by atoms with E-state index in [2.05, 4.69) is 4.98 Å². The third kappa shape index (κ3) is 2.70. The van der Waals surface area contributed by atoms with Crippen LogP contribution in [0.25, 0.3) is 0 Å². The molecule has 0 spiro atoms. The molecule has 0 atom stereocenters. The first-order chi connectivity index (χ1) is 8.50. The molecule has 0 aliphatic heterocycles. The van der Waals surface area contributed by atoms with Gasteiger partial charge in [-0.15, -0.1) is 0 Å². The molecule has 0 fully saturated rings. The Bertz CT molecular complexity index is 534. The van der Waals surface area contributed by atoms with Crippen molar-refractivity contribution in [1.82, 2.24) is 9.55 Å². The quantitative estimate of drug-likeness (QED) is 0.916. The van der Waals surface area contributed by atoms with Crippen LogP contribution >= 0.6 is 0 Å². The number of aliphatic hydroxyl groups excluding tert-OH is 1. The highest BCUT2D eigenvalue weighted by atomic mass is 19.4. The Kier molecular flexibility index (Phi) is 3.38. The Labute approximate surface area is 102 Å². The first kappa shape index (κ1) is 12.6. The summed E-state index contributed by atoms with van der Waals surface area (Å²) in [7, 11) is 0. The second-order valence-corrected chi connectivity index (χ2v) is 3.87. The topological polar surface area (TPSA) is 38.1 Å². The van der Waals surface area contributed by atoms with E-state index in [9.17, 15) is 13.2 Å². The minimum absolute atomic E-state index is 0.195. The van der Waals surface area contributed by atoms with Crippen LogP contribution in [0.2, 0.25) is 0 Å². The number of alkyl halides is 3. The summed E-state index contributed by atoms with van der Waals surface area (Å²) in [5, 5.41) is 9.03. The maximum Gasteiger partial charge on any atom is 0.416 e. The Morgan fingerprint density at radius 2 is 2.06 bits per heavy atom. The molecule has 1 N–H and O–H groups in total. The van der Waals surface area contributed by atoms with Crippen molar-refractivity contribution in [3.8, 4) is 0 Å². The lowest BCUT2D eigenvalue weighted by atomic mass is 10.1. The molecule has 0 radical (unpaired) electrons. The van der Waals surface area contributed by atoms with Crippen LogP contribution in [0.4, 0.5) is 13.2 Å². The maximum absolute atomic E-state index is 12.5. The van der Waals surface area contributed by atoms with Gasteiger partial charge in [0.25, 0.3) is 0 Å². The number of hydrogen-bond donors (Lipinski definition) is 1. The van der Waals surface area contributed by atoms with E-state index in [1.165, 1.54) is 18.6 Å². The highest BCUT2D eigenvalue weighted by molar-refractivity contribution is 5.26. The average Bonchev–Trinajstić information content (AvgIpc) is 2.75. The molecule has 0 saturated carbocycles. The Morgan fingerprint density at radius 1 is 1.28 bits per heavy atom. The van der Waals surface area contributed by atoms with E-state index in [0.717, 1.165) is 12.1 Å². The van der Waals surface area contributed by atoms with Crippen molar-refractivity contribution in [2.45, 2.75) is 19.3 Å². The summed E-state index contributed by atoms with van der Waals surface area (Å²) in [5.74, 6) is 0. The molecule has 2 rings (SSSR count). The number of aliphatic hydroxyl groups is 1. The molecule has 1 aromatic heterocycles. The second kappa shape index (κ2) is 4.81. The first-order valence-corrected chi connectivity index (χ1v) is 5.26. The second-order valence-electron chi connectivity index (χ2n) is 3.87. The van der Waals surface area contributed by atoms with Crippen LogP contribution in [0.5, 0.6) is 0 Å². The van der Waals surface area contributed by atoms with Crippen LogP contribution in [0.15, 0.2) is 36.8 Å². The molecule has 1 heterocycles. The third-order valence-electron chi connectivity index (χ3n) is 2.57. The molecule has 3 nitrogen and oxygen atoms in total. The number of nitrogens with zero attached hydrogens (tertiary/aromatic N) is 2. The number of aromatic nitrogens is 2. The van der Waals surface area contributed by atoms with Gasteiger partial charge in [-0.05, 0) is 17.7 Å². The molecule has 0 amide bonds. The lowest BCUT2D eigenvalue weighted by molar-refractivity contribution is -0.137. The Morgan fingerprint density at radius 3 is 2.72 bits per heavy atom. The standard InChI is InChI=1S/C12H11F3N2O/c13-12(14,15)10-3-1-2-9(4-10)6-17-8-16-5-11(17)7-18/h1-5,8,18H,6-7H2.